The van der Waals surface area contributed by atoms with Crippen LogP contribution in [0.1, 0.15) is 60.8 Å². The molecule has 1 aromatic heterocycles. The lowest BCUT2D eigenvalue weighted by atomic mass is 9.86. The average Bonchev–Trinajstić information content (AvgIpc) is 2.94. The van der Waals surface area contributed by atoms with Crippen LogP contribution in [0.2, 0.25) is 0 Å². The third-order valence-corrected chi connectivity index (χ3v) is 6.77. The van der Waals surface area contributed by atoms with Crippen LogP contribution in [-0.4, -0.2) is 48.3 Å². The first-order chi connectivity index (χ1) is 20.0. The normalized spacial score (nSPS) is 13.3. The van der Waals surface area contributed by atoms with E-state index in [-0.39, 0.29) is 40.5 Å². The largest absolute Gasteiger partial charge is 0.493 e. The zero-order chi connectivity index (χ0) is 32.2. The number of nitrogens with zero attached hydrogens (tertiary/aromatic N) is 1. The van der Waals surface area contributed by atoms with E-state index in [9.17, 15) is 32.3 Å². The fraction of sp³-hybridized carbons (Fsp3) is 0.387. The number of carbonyl (C=O) groups is 2. The number of pyridine rings is 1. The van der Waals surface area contributed by atoms with E-state index in [0.29, 0.717) is 5.56 Å². The lowest BCUT2D eigenvalue weighted by Gasteiger charge is -2.32. The number of hydrogen-bond donors (Lipinski definition) is 2. The number of ketones is 1. The molecule has 0 radical (unpaired) electrons. The van der Waals surface area contributed by atoms with Gasteiger partial charge in [0.2, 0.25) is 5.60 Å². The van der Waals surface area contributed by atoms with Gasteiger partial charge in [-0.05, 0) is 93.8 Å². The molecule has 1 heterocycles. The summed E-state index contributed by atoms with van der Waals surface area (Å²) in [5, 5.41) is 11.2. The second-order valence-corrected chi connectivity index (χ2v) is 10.6. The van der Waals surface area contributed by atoms with Crippen LogP contribution in [0.3, 0.4) is 0 Å². The van der Waals surface area contributed by atoms with Crippen LogP contribution in [0, 0.1) is 12.7 Å². The van der Waals surface area contributed by atoms with E-state index in [4.69, 9.17) is 19.9 Å². The van der Waals surface area contributed by atoms with Crippen LogP contribution in [0.4, 0.5) is 17.6 Å². The van der Waals surface area contributed by atoms with Crippen molar-refractivity contribution in [1.82, 2.24) is 4.98 Å². The molecular weight excluding hydrogens is 572 g/mol. The van der Waals surface area contributed by atoms with Crippen molar-refractivity contribution >= 4 is 11.8 Å². The van der Waals surface area contributed by atoms with Crippen molar-refractivity contribution < 1.29 is 46.5 Å². The quantitative estimate of drug-likeness (QED) is 0.152. The van der Waals surface area contributed by atoms with Gasteiger partial charge in [-0.2, -0.15) is 13.2 Å². The first-order valence-corrected chi connectivity index (χ1v) is 13.4. The molecule has 0 aliphatic heterocycles. The molecule has 12 heteroatoms. The minimum absolute atomic E-state index is 0.00265. The summed E-state index contributed by atoms with van der Waals surface area (Å²) in [7, 11) is 1.29. The second kappa shape index (κ2) is 13.1. The van der Waals surface area contributed by atoms with Gasteiger partial charge >= 0.3 is 12.1 Å². The number of aryl methyl sites for hydroxylation is 1. The molecule has 0 saturated heterocycles. The summed E-state index contributed by atoms with van der Waals surface area (Å²) in [5.74, 6) is -1.65. The van der Waals surface area contributed by atoms with E-state index < -0.39 is 60.0 Å². The molecule has 0 aliphatic carbocycles. The van der Waals surface area contributed by atoms with Gasteiger partial charge in [0, 0.05) is 23.1 Å². The smallest absolute Gasteiger partial charge is 0.422 e. The van der Waals surface area contributed by atoms with Crippen LogP contribution >= 0.6 is 0 Å². The number of nitrogens with two attached hydrogens (primary N) is 1. The van der Waals surface area contributed by atoms with Gasteiger partial charge in [-0.25, -0.2) is 14.2 Å². The molecule has 0 amide bonds. The highest BCUT2D eigenvalue weighted by Gasteiger charge is 2.56. The number of rotatable bonds is 12. The number of halogens is 4. The minimum atomic E-state index is -5.23. The minimum Gasteiger partial charge on any atom is -0.493 e. The molecule has 1 atom stereocenters. The van der Waals surface area contributed by atoms with Gasteiger partial charge < -0.3 is 25.1 Å². The van der Waals surface area contributed by atoms with Crippen molar-refractivity contribution in [2.24, 2.45) is 5.73 Å². The van der Waals surface area contributed by atoms with E-state index >= 15 is 0 Å². The maximum atomic E-state index is 14.5. The monoisotopic (exact) mass is 606 g/mol. The standard InChI is InChI=1S/C31H34F4N2O6/c1-6-42-28(39)17-43-25-10-8-20(14-26(25)41-5)24(38)11-12-30(40,31(33,34)35)27-16-21(29(3,4)36)15-23(37-27)19-7-9-22(32)18(2)13-19/h7-10,13-16,40H,6,11-12,17,36H2,1-5H3. The molecule has 8 nitrogen and oxygen atoms in total. The van der Waals surface area contributed by atoms with Gasteiger partial charge in [0.15, 0.2) is 23.9 Å². The lowest BCUT2D eigenvalue weighted by Crippen LogP contribution is -2.44. The summed E-state index contributed by atoms with van der Waals surface area (Å²) in [5.41, 5.74) is 1.68. The number of ether oxygens (including phenoxy) is 3. The molecule has 0 aliphatic rings. The molecule has 43 heavy (non-hydrogen) atoms. The van der Waals surface area contributed by atoms with Crippen molar-refractivity contribution in [3.63, 3.8) is 0 Å². The molecule has 3 aromatic rings. The Morgan fingerprint density at radius 1 is 1.02 bits per heavy atom. The lowest BCUT2D eigenvalue weighted by molar-refractivity contribution is -0.270. The van der Waals surface area contributed by atoms with E-state index in [0.717, 1.165) is 6.07 Å². The molecule has 0 saturated carbocycles. The third-order valence-electron chi connectivity index (χ3n) is 6.77. The number of carbonyl (C=O) groups excluding carboxylic acids is 2. The zero-order valence-electron chi connectivity index (χ0n) is 24.5. The van der Waals surface area contributed by atoms with Crippen LogP contribution in [0.15, 0.2) is 48.5 Å². The number of methoxy groups -OCH3 is 1. The fourth-order valence-corrected chi connectivity index (χ4v) is 4.22. The molecule has 2 aromatic carbocycles. The number of aromatic nitrogens is 1. The highest BCUT2D eigenvalue weighted by molar-refractivity contribution is 5.96. The summed E-state index contributed by atoms with van der Waals surface area (Å²) in [4.78, 5) is 28.8. The molecule has 3 rings (SSSR count). The van der Waals surface area contributed by atoms with E-state index in [1.165, 1.54) is 56.5 Å². The van der Waals surface area contributed by atoms with Crippen LogP contribution in [0.5, 0.6) is 11.5 Å². The Hall–Kier alpha value is -4.03. The fourth-order valence-electron chi connectivity index (χ4n) is 4.22. The number of alkyl halides is 3. The summed E-state index contributed by atoms with van der Waals surface area (Å²) in [6.45, 7) is 6.04. The number of esters is 1. The second-order valence-electron chi connectivity index (χ2n) is 10.6. The predicted molar refractivity (Wildman–Crippen MR) is 150 cm³/mol. The van der Waals surface area contributed by atoms with Crippen LogP contribution in [-0.2, 0) is 20.7 Å². The van der Waals surface area contributed by atoms with Gasteiger partial charge in [-0.15, -0.1) is 0 Å². The molecule has 0 spiro atoms. The average molecular weight is 607 g/mol. The van der Waals surface area contributed by atoms with Gasteiger partial charge in [0.1, 0.15) is 5.82 Å². The highest BCUT2D eigenvalue weighted by atomic mass is 19.4. The number of Topliss-reactive ketones (excluding diaryl/α,β-unsaturated/α-hetero) is 1. The van der Waals surface area contributed by atoms with Gasteiger partial charge in [0.05, 0.1) is 25.1 Å². The van der Waals surface area contributed by atoms with Crippen LogP contribution in [0.25, 0.3) is 11.3 Å². The van der Waals surface area contributed by atoms with Crippen molar-refractivity contribution in [2.75, 3.05) is 20.3 Å². The topological polar surface area (TPSA) is 121 Å². The van der Waals surface area contributed by atoms with Gasteiger partial charge in [0.25, 0.3) is 0 Å². The first-order valence-electron chi connectivity index (χ1n) is 13.4. The number of hydrogen-bond acceptors (Lipinski definition) is 8. The van der Waals surface area contributed by atoms with Gasteiger partial charge in [-0.3, -0.25) is 4.79 Å². The maximum Gasteiger partial charge on any atom is 0.422 e. The van der Waals surface area contributed by atoms with Crippen LogP contribution < -0.4 is 15.2 Å². The Morgan fingerprint density at radius 2 is 1.72 bits per heavy atom. The SMILES string of the molecule is CCOC(=O)COc1ccc(C(=O)CCC(O)(c2cc(C(C)(C)N)cc(-c3ccc(F)c(C)c3)n2)C(F)(F)F)cc1OC. The Labute approximate surface area is 246 Å². The molecule has 0 bridgehead atoms. The van der Waals surface area contributed by atoms with Gasteiger partial charge in [-0.1, -0.05) is 0 Å². The Morgan fingerprint density at radius 3 is 2.30 bits per heavy atom. The van der Waals surface area contributed by atoms with Crippen molar-refractivity contribution in [3.05, 3.63) is 76.7 Å². The maximum absolute atomic E-state index is 14.5. The molecule has 0 fully saturated rings. The van der Waals surface area contributed by atoms with E-state index in [1.54, 1.807) is 20.8 Å². The van der Waals surface area contributed by atoms with Crippen molar-refractivity contribution in [1.29, 1.82) is 0 Å². The Balaban J connectivity index is 1.96. The zero-order valence-corrected chi connectivity index (χ0v) is 24.5. The number of benzene rings is 2. The summed E-state index contributed by atoms with van der Waals surface area (Å²) in [6.07, 6.45) is -7.00. The summed E-state index contributed by atoms with van der Waals surface area (Å²) in [6, 6.07) is 10.4. The molecule has 1 unspecified atom stereocenters. The first kappa shape index (κ1) is 33.5. The molecular formula is C31H34F4N2O6. The van der Waals surface area contributed by atoms with Crippen molar-refractivity contribution in [2.45, 2.75) is 57.9 Å². The van der Waals surface area contributed by atoms with E-state index in [2.05, 4.69) is 4.98 Å². The predicted octanol–water partition coefficient (Wildman–Crippen LogP) is 5.75. The van der Waals surface area contributed by atoms with E-state index in [1.807, 2.05) is 0 Å². The molecule has 3 N–H and O–H groups in total. The highest BCUT2D eigenvalue weighted by Crippen LogP contribution is 2.43. The Bertz CT molecular complexity index is 1490. The molecule has 232 valence electrons. The summed E-state index contributed by atoms with van der Waals surface area (Å²) < 4.78 is 72.9. The van der Waals surface area contributed by atoms with Crippen molar-refractivity contribution in [3.8, 4) is 22.8 Å². The third kappa shape index (κ3) is 7.88. The number of aliphatic hydroxyl groups is 1. The summed E-state index contributed by atoms with van der Waals surface area (Å²) >= 11 is 0. The Kier molecular flexibility index (Phi) is 10.2.